The van der Waals surface area contributed by atoms with Crippen LogP contribution in [0.2, 0.25) is 0 Å². The Balaban J connectivity index is -0.000000134. The molecule has 0 aliphatic carbocycles. The molecule has 0 N–H and O–H groups in total. The van der Waals surface area contributed by atoms with E-state index < -0.39 is 0 Å². The van der Waals surface area contributed by atoms with Crippen molar-refractivity contribution < 1.29 is 46.6 Å². The molecule has 0 atom stereocenters. The molecule has 5 heteroatoms. The summed E-state index contributed by atoms with van der Waals surface area (Å²) < 4.78 is 17.1. The van der Waals surface area contributed by atoms with Gasteiger partial charge in [0.2, 0.25) is 0 Å². The quantitative estimate of drug-likeness (QED) is 0.633. The van der Waals surface area contributed by atoms with Crippen molar-refractivity contribution in [2.24, 2.45) is 0 Å². The van der Waals surface area contributed by atoms with E-state index in [4.69, 9.17) is 4.74 Å². The molecule has 1 aliphatic rings. The first-order valence-corrected chi connectivity index (χ1v) is 6.60. The number of nitrogens with zero attached hydrogens (tertiary/aromatic N) is 1. The number of ether oxygens (including phenoxy) is 1. The van der Waals surface area contributed by atoms with Crippen molar-refractivity contribution in [2.45, 2.75) is 61.9 Å². The Labute approximate surface area is 167 Å². The summed E-state index contributed by atoms with van der Waals surface area (Å²) in [6.07, 6.45) is -0.176. The first-order valence-electron chi connectivity index (χ1n) is 6.60. The first-order chi connectivity index (χ1) is 8.91. The Bertz CT molecular complexity index is 408. The zero-order chi connectivity index (χ0) is 14.4. The molecule has 1 aromatic carbocycles. The summed E-state index contributed by atoms with van der Waals surface area (Å²) in [7, 11) is 0. The van der Waals surface area contributed by atoms with Crippen molar-refractivity contribution in [1.82, 2.24) is 4.90 Å². The summed E-state index contributed by atoms with van der Waals surface area (Å²) in [5.74, 6) is 0.324. The summed E-state index contributed by atoms with van der Waals surface area (Å²) in [5, 5.41) is 0. The van der Waals surface area contributed by atoms with E-state index in [2.05, 4.69) is 13.8 Å². The van der Waals surface area contributed by atoms with E-state index >= 15 is 0 Å². The third-order valence-electron chi connectivity index (χ3n) is 2.95. The van der Waals surface area contributed by atoms with E-state index in [9.17, 15) is 9.18 Å². The average Bonchev–Trinajstić information content (AvgIpc) is 2.77. The van der Waals surface area contributed by atoms with Gasteiger partial charge in [-0.3, -0.25) is 0 Å². The number of hydrogen-bond acceptors (Lipinski definition) is 2. The fraction of sp³-hybridized carbons (Fsp3) is 0.611. The number of amides is 1. The summed E-state index contributed by atoms with van der Waals surface area (Å²) in [4.78, 5) is 12.4. The van der Waals surface area contributed by atoms with Crippen molar-refractivity contribution in [3.8, 4) is 0 Å². The maximum Gasteiger partial charge on any atom is 0.410 e. The normalized spacial score (nSPS) is 12.0. The standard InChI is InChI=1S/C9H11F.C6H11NO2.3CH4.Y/c1-7(2)8-3-5-9(10)6-4-8;1-5(2)7-3-4-9-6(7)8;;;;/h3-7H,1-2H3;5H,3-4H2,1-2H3;3*1H4;. The summed E-state index contributed by atoms with van der Waals surface area (Å²) in [5.41, 5.74) is 1.18. The first kappa shape index (κ1) is 30.4. The van der Waals surface area contributed by atoms with Gasteiger partial charge in [-0.25, -0.2) is 9.18 Å². The molecular weight excluding hydrogens is 370 g/mol. The van der Waals surface area contributed by atoms with Crippen molar-refractivity contribution >= 4 is 6.09 Å². The Morgan fingerprint density at radius 1 is 1.04 bits per heavy atom. The Morgan fingerprint density at radius 3 is 1.78 bits per heavy atom. The van der Waals surface area contributed by atoms with Gasteiger partial charge in [-0.15, -0.1) is 0 Å². The SMILES string of the molecule is C.C.C.CC(C)N1CCOC1=O.CC(C)c1ccc(F)cc1.[Y]. The van der Waals surface area contributed by atoms with E-state index in [-0.39, 0.29) is 72.9 Å². The molecule has 2 rings (SSSR count). The second-order valence-electron chi connectivity index (χ2n) is 5.11. The van der Waals surface area contributed by atoms with Gasteiger partial charge in [0.05, 0.1) is 6.54 Å². The van der Waals surface area contributed by atoms with Gasteiger partial charge >= 0.3 is 6.09 Å². The van der Waals surface area contributed by atoms with Crippen molar-refractivity contribution in [2.75, 3.05) is 13.2 Å². The number of cyclic esters (lactones) is 1. The van der Waals surface area contributed by atoms with Crippen LogP contribution in [0.1, 0.15) is 61.5 Å². The van der Waals surface area contributed by atoms with Crippen LogP contribution in [0.5, 0.6) is 0 Å². The van der Waals surface area contributed by atoms with Gasteiger partial charge < -0.3 is 9.64 Å². The van der Waals surface area contributed by atoms with Crippen LogP contribution < -0.4 is 0 Å². The van der Waals surface area contributed by atoms with Gasteiger partial charge in [0.25, 0.3) is 0 Å². The fourth-order valence-corrected chi connectivity index (χ4v) is 1.72. The van der Waals surface area contributed by atoms with Crippen LogP contribution in [0.4, 0.5) is 9.18 Å². The molecular formula is C18H34FNO2Y. The van der Waals surface area contributed by atoms with E-state index in [1.54, 1.807) is 4.90 Å². The molecule has 1 radical (unpaired) electrons. The minimum atomic E-state index is -0.176. The second-order valence-corrected chi connectivity index (χ2v) is 5.11. The van der Waals surface area contributed by atoms with E-state index in [1.165, 1.54) is 17.7 Å². The predicted octanol–water partition coefficient (Wildman–Crippen LogP) is 5.70. The number of carbonyl (C=O) groups is 1. The monoisotopic (exact) mass is 404 g/mol. The Hall–Kier alpha value is -0.476. The molecule has 0 saturated carbocycles. The van der Waals surface area contributed by atoms with Crippen LogP contribution in [0.25, 0.3) is 0 Å². The van der Waals surface area contributed by atoms with Crippen molar-refractivity contribution in [3.63, 3.8) is 0 Å². The molecule has 0 bridgehead atoms. The number of hydrogen-bond donors (Lipinski definition) is 0. The van der Waals surface area contributed by atoms with Crippen LogP contribution in [0.15, 0.2) is 24.3 Å². The molecule has 3 nitrogen and oxygen atoms in total. The van der Waals surface area contributed by atoms with Crippen LogP contribution in [0.3, 0.4) is 0 Å². The summed E-state index contributed by atoms with van der Waals surface area (Å²) in [6, 6.07) is 6.91. The second kappa shape index (κ2) is 15.1. The smallest absolute Gasteiger partial charge is 0.410 e. The van der Waals surface area contributed by atoms with Crippen molar-refractivity contribution in [3.05, 3.63) is 35.6 Å². The number of benzene rings is 1. The van der Waals surface area contributed by atoms with E-state index in [0.29, 0.717) is 12.5 Å². The largest absolute Gasteiger partial charge is 0.448 e. The van der Waals surface area contributed by atoms with Gasteiger partial charge in [0.15, 0.2) is 0 Å². The zero-order valence-corrected chi connectivity index (χ0v) is 15.4. The zero-order valence-electron chi connectivity index (χ0n) is 12.6. The maximum absolute atomic E-state index is 12.4. The number of carbonyl (C=O) groups excluding carboxylic acids is 1. The van der Waals surface area contributed by atoms with Gasteiger partial charge in [-0.1, -0.05) is 48.3 Å². The Kier molecular flexibility index (Phi) is 19.9. The molecule has 1 amide bonds. The van der Waals surface area contributed by atoms with Crippen LogP contribution in [0, 0.1) is 5.82 Å². The molecule has 0 unspecified atom stereocenters. The molecule has 1 fully saturated rings. The van der Waals surface area contributed by atoms with Crippen LogP contribution in [-0.2, 0) is 37.4 Å². The minimum absolute atomic E-state index is 0. The van der Waals surface area contributed by atoms with Crippen LogP contribution in [-0.4, -0.2) is 30.2 Å². The average molecular weight is 404 g/mol. The molecule has 23 heavy (non-hydrogen) atoms. The molecule has 133 valence electrons. The predicted molar refractivity (Wildman–Crippen MR) is 93.9 cm³/mol. The van der Waals surface area contributed by atoms with Gasteiger partial charge in [-0.2, -0.15) is 0 Å². The van der Waals surface area contributed by atoms with Gasteiger partial charge in [0.1, 0.15) is 12.4 Å². The number of rotatable bonds is 2. The van der Waals surface area contributed by atoms with Crippen LogP contribution >= 0.6 is 0 Å². The fourth-order valence-electron chi connectivity index (χ4n) is 1.72. The van der Waals surface area contributed by atoms with E-state index in [1.807, 2.05) is 26.0 Å². The van der Waals surface area contributed by atoms with E-state index in [0.717, 1.165) is 6.54 Å². The maximum atomic E-state index is 12.4. The van der Waals surface area contributed by atoms with Gasteiger partial charge in [-0.05, 0) is 37.5 Å². The third-order valence-corrected chi connectivity index (χ3v) is 2.95. The van der Waals surface area contributed by atoms with Crippen molar-refractivity contribution in [1.29, 1.82) is 0 Å². The van der Waals surface area contributed by atoms with Gasteiger partial charge in [0, 0.05) is 38.8 Å². The minimum Gasteiger partial charge on any atom is -0.448 e. The number of halogens is 1. The topological polar surface area (TPSA) is 29.5 Å². The molecule has 1 saturated heterocycles. The third kappa shape index (κ3) is 10.8. The summed E-state index contributed by atoms with van der Waals surface area (Å²) in [6.45, 7) is 9.44. The molecule has 1 heterocycles. The Morgan fingerprint density at radius 2 is 1.52 bits per heavy atom. The molecule has 1 aromatic rings. The molecule has 0 aromatic heterocycles. The molecule has 0 spiro atoms. The summed E-state index contributed by atoms with van der Waals surface area (Å²) >= 11 is 0. The molecule has 1 aliphatic heterocycles.